The number of amides is 2. The summed E-state index contributed by atoms with van der Waals surface area (Å²) in [6.07, 6.45) is -0.633. The van der Waals surface area contributed by atoms with Crippen LogP contribution in [0.25, 0.3) is 0 Å². The molecule has 0 aliphatic carbocycles. The lowest BCUT2D eigenvalue weighted by atomic mass is 10.2. The number of carbonyl (C=O) groups is 2. The van der Waals surface area contributed by atoms with Gasteiger partial charge in [-0.2, -0.15) is 4.31 Å². The van der Waals surface area contributed by atoms with Crippen molar-refractivity contribution in [2.75, 3.05) is 31.5 Å². The number of carbonyl (C=O) groups excluding carboxylic acids is 2. The second-order valence-electron chi connectivity index (χ2n) is 7.11. The molecular weight excluding hydrogens is 430 g/mol. The zero-order valence-corrected chi connectivity index (χ0v) is 17.7. The number of nitrogens with zero attached hydrogens (tertiary/aromatic N) is 2. The van der Waals surface area contributed by atoms with E-state index in [4.69, 9.17) is 16.3 Å². The Morgan fingerprint density at radius 2 is 1.77 bits per heavy atom. The molecule has 0 unspecified atom stereocenters. The Kier molecular flexibility index (Phi) is 5.44. The van der Waals surface area contributed by atoms with Crippen molar-refractivity contribution >= 4 is 39.1 Å². The molecule has 2 aromatic carbocycles. The van der Waals surface area contributed by atoms with Crippen molar-refractivity contribution in [3.63, 3.8) is 0 Å². The van der Waals surface area contributed by atoms with Crippen LogP contribution in [0.2, 0.25) is 5.02 Å². The fraction of sp³-hybridized carbons (Fsp3) is 0.300. The van der Waals surface area contributed by atoms with Crippen LogP contribution in [0.5, 0.6) is 5.75 Å². The van der Waals surface area contributed by atoms with Gasteiger partial charge in [0, 0.05) is 36.8 Å². The van der Waals surface area contributed by atoms with E-state index in [-0.39, 0.29) is 42.9 Å². The first kappa shape index (κ1) is 20.6. The van der Waals surface area contributed by atoms with Gasteiger partial charge >= 0.3 is 0 Å². The van der Waals surface area contributed by atoms with Crippen molar-refractivity contribution in [1.82, 2.24) is 9.21 Å². The number of sulfonamides is 1. The molecule has 0 saturated carbocycles. The maximum atomic E-state index is 13.1. The van der Waals surface area contributed by atoms with Gasteiger partial charge in [-0.3, -0.25) is 9.59 Å². The maximum Gasteiger partial charge on any atom is 0.265 e. The molecule has 2 aromatic rings. The minimum Gasteiger partial charge on any atom is -0.479 e. The highest BCUT2D eigenvalue weighted by Gasteiger charge is 2.32. The van der Waals surface area contributed by atoms with Gasteiger partial charge in [-0.15, -0.1) is 0 Å². The molecule has 1 atom stereocenters. The number of hydrogen-bond acceptors (Lipinski definition) is 5. The first-order chi connectivity index (χ1) is 14.3. The molecular formula is C20H20ClN3O5S. The van der Waals surface area contributed by atoms with E-state index in [0.29, 0.717) is 22.0 Å². The summed E-state index contributed by atoms with van der Waals surface area (Å²) < 4.78 is 32.9. The molecule has 0 radical (unpaired) electrons. The van der Waals surface area contributed by atoms with Gasteiger partial charge in [-0.05, 0) is 49.4 Å². The van der Waals surface area contributed by atoms with Crippen molar-refractivity contribution < 1.29 is 22.7 Å². The predicted octanol–water partition coefficient (Wildman–Crippen LogP) is 2.21. The molecule has 10 heteroatoms. The Bertz CT molecular complexity index is 1100. The smallest absolute Gasteiger partial charge is 0.265 e. The molecule has 1 saturated heterocycles. The third-order valence-electron chi connectivity index (χ3n) is 5.14. The highest BCUT2D eigenvalue weighted by molar-refractivity contribution is 7.89. The minimum atomic E-state index is -3.77. The van der Waals surface area contributed by atoms with Crippen molar-refractivity contribution in [1.29, 1.82) is 0 Å². The Morgan fingerprint density at radius 1 is 1.10 bits per heavy atom. The van der Waals surface area contributed by atoms with Crippen molar-refractivity contribution in [2.24, 2.45) is 0 Å². The summed E-state index contributed by atoms with van der Waals surface area (Å²) >= 11 is 5.86. The number of hydrogen-bond donors (Lipinski definition) is 1. The van der Waals surface area contributed by atoms with Gasteiger partial charge in [0.2, 0.25) is 10.0 Å². The molecule has 30 heavy (non-hydrogen) atoms. The zero-order chi connectivity index (χ0) is 21.5. The summed E-state index contributed by atoms with van der Waals surface area (Å²) in [5.74, 6) is -0.0581. The van der Waals surface area contributed by atoms with Crippen LogP contribution < -0.4 is 10.1 Å². The molecule has 4 rings (SSSR count). The van der Waals surface area contributed by atoms with Gasteiger partial charge in [-0.1, -0.05) is 11.6 Å². The number of nitrogens with one attached hydrogen (secondary N) is 1. The van der Waals surface area contributed by atoms with Gasteiger partial charge in [0.25, 0.3) is 11.8 Å². The highest BCUT2D eigenvalue weighted by Crippen LogP contribution is 2.33. The average molecular weight is 450 g/mol. The summed E-state index contributed by atoms with van der Waals surface area (Å²) in [4.78, 5) is 26.1. The topological polar surface area (TPSA) is 96.0 Å². The summed E-state index contributed by atoms with van der Waals surface area (Å²) in [5, 5.41) is 3.20. The van der Waals surface area contributed by atoms with Crippen LogP contribution in [0.1, 0.15) is 17.3 Å². The van der Waals surface area contributed by atoms with Crippen LogP contribution >= 0.6 is 11.6 Å². The van der Waals surface area contributed by atoms with Crippen molar-refractivity contribution in [3.05, 3.63) is 53.1 Å². The van der Waals surface area contributed by atoms with Crippen LogP contribution in [-0.2, 0) is 14.8 Å². The number of benzene rings is 2. The van der Waals surface area contributed by atoms with Gasteiger partial charge in [0.1, 0.15) is 5.75 Å². The molecule has 0 bridgehead atoms. The average Bonchev–Trinajstić information content (AvgIpc) is 2.74. The van der Waals surface area contributed by atoms with Gasteiger partial charge in [-0.25, -0.2) is 8.42 Å². The minimum absolute atomic E-state index is 0.0668. The standard InChI is InChI=1S/C20H20ClN3O5S/c1-13-19(25)22-17-12-16(6-7-18(17)29-13)30(27,28)24-10-8-23(9-11-24)20(26)14-2-4-15(21)5-3-14/h2-7,12-13H,8-11H2,1H3,(H,22,25)/t13-/m0/s1. The largest absolute Gasteiger partial charge is 0.479 e. The lowest BCUT2D eigenvalue weighted by molar-refractivity contribution is -0.122. The number of halogens is 1. The van der Waals surface area contributed by atoms with Gasteiger partial charge < -0.3 is 15.0 Å². The predicted molar refractivity (Wildman–Crippen MR) is 111 cm³/mol. The number of anilines is 1. The van der Waals surface area contributed by atoms with Crippen molar-refractivity contribution in [2.45, 2.75) is 17.9 Å². The van der Waals surface area contributed by atoms with E-state index < -0.39 is 16.1 Å². The van der Waals surface area contributed by atoms with Gasteiger partial charge in [0.05, 0.1) is 10.6 Å². The van der Waals surface area contributed by atoms with Crippen LogP contribution in [0, 0.1) is 0 Å². The second-order valence-corrected chi connectivity index (χ2v) is 9.48. The van der Waals surface area contributed by atoms with Crippen LogP contribution in [0.4, 0.5) is 5.69 Å². The van der Waals surface area contributed by atoms with Crippen molar-refractivity contribution in [3.8, 4) is 5.75 Å². The van der Waals surface area contributed by atoms with Crippen LogP contribution in [0.3, 0.4) is 0 Å². The Morgan fingerprint density at radius 3 is 2.43 bits per heavy atom. The lowest BCUT2D eigenvalue weighted by Gasteiger charge is -2.34. The van der Waals surface area contributed by atoms with Crippen LogP contribution in [-0.4, -0.2) is 61.7 Å². The first-order valence-electron chi connectivity index (χ1n) is 9.42. The van der Waals surface area contributed by atoms with E-state index in [0.717, 1.165) is 0 Å². The Hall–Kier alpha value is -2.62. The molecule has 0 aromatic heterocycles. The Balaban J connectivity index is 1.46. The van der Waals surface area contributed by atoms with E-state index in [2.05, 4.69) is 5.32 Å². The van der Waals surface area contributed by atoms with E-state index >= 15 is 0 Å². The lowest BCUT2D eigenvalue weighted by Crippen LogP contribution is -2.50. The fourth-order valence-corrected chi connectivity index (χ4v) is 4.98. The molecule has 158 valence electrons. The quantitative estimate of drug-likeness (QED) is 0.775. The van der Waals surface area contributed by atoms with E-state index in [9.17, 15) is 18.0 Å². The summed E-state index contributed by atoms with van der Waals surface area (Å²) in [5.41, 5.74) is 0.839. The molecule has 2 heterocycles. The van der Waals surface area contributed by atoms with E-state index in [1.165, 1.54) is 16.4 Å². The molecule has 2 amide bonds. The van der Waals surface area contributed by atoms with E-state index in [1.807, 2.05) is 0 Å². The molecule has 8 nitrogen and oxygen atoms in total. The second kappa shape index (κ2) is 7.90. The molecule has 0 spiro atoms. The fourth-order valence-electron chi connectivity index (χ4n) is 3.40. The third kappa shape index (κ3) is 3.88. The summed E-state index contributed by atoms with van der Waals surface area (Å²) in [6.45, 7) is 2.54. The number of ether oxygens (including phenoxy) is 1. The highest BCUT2D eigenvalue weighted by atomic mass is 35.5. The van der Waals surface area contributed by atoms with Crippen LogP contribution in [0.15, 0.2) is 47.4 Å². The molecule has 1 N–H and O–H groups in total. The third-order valence-corrected chi connectivity index (χ3v) is 7.28. The molecule has 2 aliphatic heterocycles. The maximum absolute atomic E-state index is 13.1. The number of rotatable bonds is 3. The Labute approximate surface area is 179 Å². The number of fused-ring (bicyclic) bond motifs is 1. The zero-order valence-electron chi connectivity index (χ0n) is 16.2. The summed E-state index contributed by atoms with van der Waals surface area (Å²) in [7, 11) is -3.77. The first-order valence-corrected chi connectivity index (χ1v) is 11.2. The van der Waals surface area contributed by atoms with E-state index in [1.54, 1.807) is 42.2 Å². The molecule has 2 aliphatic rings. The number of piperazine rings is 1. The molecule has 1 fully saturated rings. The SMILES string of the molecule is C[C@@H]1Oc2ccc(S(=O)(=O)N3CCN(C(=O)c4ccc(Cl)cc4)CC3)cc2NC1=O. The van der Waals surface area contributed by atoms with Gasteiger partial charge in [0.15, 0.2) is 6.10 Å². The monoisotopic (exact) mass is 449 g/mol. The normalized spacial score (nSPS) is 19.6. The summed E-state index contributed by atoms with van der Waals surface area (Å²) in [6, 6.07) is 11.0.